The van der Waals surface area contributed by atoms with Crippen LogP contribution in [0, 0.1) is 5.92 Å². The van der Waals surface area contributed by atoms with E-state index in [4.69, 9.17) is 0 Å². The lowest BCUT2D eigenvalue weighted by molar-refractivity contribution is 0.0911. The number of para-hydroxylation sites is 1. The minimum atomic E-state index is -0.634. The number of aliphatic hydroxyl groups excluding tert-OH is 1. The predicted molar refractivity (Wildman–Crippen MR) is 96.9 cm³/mol. The zero-order valence-electron chi connectivity index (χ0n) is 14.1. The van der Waals surface area contributed by atoms with Crippen molar-refractivity contribution in [2.24, 2.45) is 5.92 Å². The number of benzene rings is 2. The van der Waals surface area contributed by atoms with E-state index in [0.717, 1.165) is 11.3 Å². The Morgan fingerprint density at radius 2 is 1.62 bits per heavy atom. The summed E-state index contributed by atoms with van der Waals surface area (Å²) in [5.41, 5.74) is 1.59. The van der Waals surface area contributed by atoms with Crippen molar-refractivity contribution in [1.29, 1.82) is 0 Å². The average molecular weight is 327 g/mol. The minimum Gasteiger partial charge on any atom is -0.388 e. The van der Waals surface area contributed by atoms with Gasteiger partial charge in [-0.15, -0.1) is 0 Å². The normalized spacial score (nSPS) is 13.3. The monoisotopic (exact) mass is 327 g/mol. The van der Waals surface area contributed by atoms with E-state index in [1.807, 2.05) is 79.7 Å². The van der Waals surface area contributed by atoms with Gasteiger partial charge in [-0.1, -0.05) is 48.5 Å². The molecule has 0 spiro atoms. The van der Waals surface area contributed by atoms with Crippen molar-refractivity contribution in [3.63, 3.8) is 0 Å². The highest BCUT2D eigenvalue weighted by molar-refractivity contribution is 5.89. The number of nitrogens with one attached hydrogen (secondary N) is 2. The number of carbonyl (C=O) groups is 1. The maximum atomic E-state index is 12.0. The second kappa shape index (κ2) is 9.05. The van der Waals surface area contributed by atoms with E-state index in [2.05, 4.69) is 10.6 Å². The number of urea groups is 1. The summed E-state index contributed by atoms with van der Waals surface area (Å²) >= 11 is 0. The van der Waals surface area contributed by atoms with Gasteiger partial charge in [-0.05, 0) is 31.8 Å². The number of hydrogen-bond acceptors (Lipinski definition) is 3. The number of anilines is 1. The van der Waals surface area contributed by atoms with Gasteiger partial charge >= 0.3 is 6.03 Å². The van der Waals surface area contributed by atoms with Crippen LogP contribution in [0.4, 0.5) is 10.5 Å². The third-order valence-electron chi connectivity index (χ3n) is 3.74. The van der Waals surface area contributed by atoms with Gasteiger partial charge in [0.25, 0.3) is 0 Å². The van der Waals surface area contributed by atoms with Crippen LogP contribution in [0.1, 0.15) is 11.7 Å². The largest absolute Gasteiger partial charge is 0.388 e. The van der Waals surface area contributed by atoms with Gasteiger partial charge in [0.05, 0.1) is 6.10 Å². The molecule has 2 aromatic rings. The van der Waals surface area contributed by atoms with E-state index in [1.165, 1.54) is 0 Å². The average Bonchev–Trinajstić information content (AvgIpc) is 2.59. The maximum Gasteiger partial charge on any atom is 0.319 e. The standard InChI is InChI=1S/C19H25N3O2/c1-22(2)14-16(18(23)15-9-5-3-6-10-15)13-20-19(24)21-17-11-7-4-8-12-17/h3-12,16,18,23H,13-14H2,1-2H3,(H2,20,21,24)/t16-,18+/m0/s1. The molecular weight excluding hydrogens is 302 g/mol. The molecule has 128 valence electrons. The summed E-state index contributed by atoms with van der Waals surface area (Å²) in [6.07, 6.45) is -0.634. The summed E-state index contributed by atoms with van der Waals surface area (Å²) < 4.78 is 0. The van der Waals surface area contributed by atoms with E-state index < -0.39 is 6.10 Å². The van der Waals surface area contributed by atoms with Crippen LogP contribution >= 0.6 is 0 Å². The molecule has 2 atom stereocenters. The van der Waals surface area contributed by atoms with Gasteiger partial charge in [-0.2, -0.15) is 0 Å². The van der Waals surface area contributed by atoms with Gasteiger partial charge in [0, 0.05) is 24.7 Å². The first-order valence-corrected chi connectivity index (χ1v) is 8.04. The molecule has 3 N–H and O–H groups in total. The van der Waals surface area contributed by atoms with Gasteiger partial charge in [-0.3, -0.25) is 0 Å². The third kappa shape index (κ3) is 5.68. The van der Waals surface area contributed by atoms with Crippen LogP contribution in [0.25, 0.3) is 0 Å². The van der Waals surface area contributed by atoms with Crippen molar-refractivity contribution in [3.05, 3.63) is 66.2 Å². The number of nitrogens with zero attached hydrogens (tertiary/aromatic N) is 1. The van der Waals surface area contributed by atoms with Crippen molar-refractivity contribution < 1.29 is 9.90 Å². The highest BCUT2D eigenvalue weighted by Crippen LogP contribution is 2.22. The first-order chi connectivity index (χ1) is 11.6. The van der Waals surface area contributed by atoms with Gasteiger partial charge in [-0.25, -0.2) is 4.79 Å². The first-order valence-electron chi connectivity index (χ1n) is 8.04. The van der Waals surface area contributed by atoms with Gasteiger partial charge in [0.1, 0.15) is 0 Å². The van der Waals surface area contributed by atoms with Crippen molar-refractivity contribution in [1.82, 2.24) is 10.2 Å². The molecule has 0 unspecified atom stereocenters. The SMILES string of the molecule is CN(C)C[C@H](CNC(=O)Nc1ccccc1)[C@H](O)c1ccccc1. The Balaban J connectivity index is 1.94. The molecule has 0 aliphatic rings. The number of amides is 2. The molecule has 0 aliphatic carbocycles. The first kappa shape index (κ1) is 18.0. The third-order valence-corrected chi connectivity index (χ3v) is 3.74. The van der Waals surface area contributed by atoms with Crippen LogP contribution in [0.15, 0.2) is 60.7 Å². The Bertz CT molecular complexity index is 617. The van der Waals surface area contributed by atoms with Crippen LogP contribution in [0.2, 0.25) is 0 Å². The zero-order chi connectivity index (χ0) is 17.4. The summed E-state index contributed by atoms with van der Waals surface area (Å²) in [6.45, 7) is 1.05. The molecule has 0 fully saturated rings. The number of carbonyl (C=O) groups excluding carboxylic acids is 1. The minimum absolute atomic E-state index is 0.107. The van der Waals surface area contributed by atoms with Crippen LogP contribution in [0.5, 0.6) is 0 Å². The lowest BCUT2D eigenvalue weighted by Gasteiger charge is -2.26. The van der Waals surface area contributed by atoms with Crippen LogP contribution < -0.4 is 10.6 Å². The molecular formula is C19H25N3O2. The topological polar surface area (TPSA) is 64.6 Å². The van der Waals surface area contributed by atoms with Crippen molar-refractivity contribution in [3.8, 4) is 0 Å². The molecule has 0 radical (unpaired) electrons. The summed E-state index contributed by atoms with van der Waals surface area (Å²) in [5.74, 6) is -0.107. The second-order valence-electron chi connectivity index (χ2n) is 6.08. The summed E-state index contributed by atoms with van der Waals surface area (Å²) in [7, 11) is 3.91. The fourth-order valence-electron chi connectivity index (χ4n) is 2.59. The van der Waals surface area contributed by atoms with E-state index in [1.54, 1.807) is 0 Å². The van der Waals surface area contributed by atoms with Crippen LogP contribution in [-0.2, 0) is 0 Å². The zero-order valence-corrected chi connectivity index (χ0v) is 14.1. The molecule has 24 heavy (non-hydrogen) atoms. The summed E-state index contributed by atoms with van der Waals surface area (Å²) in [6, 6.07) is 18.5. The van der Waals surface area contributed by atoms with Crippen LogP contribution in [0.3, 0.4) is 0 Å². The number of aliphatic hydroxyl groups is 1. The quantitative estimate of drug-likeness (QED) is 0.733. The molecule has 0 saturated carbocycles. The van der Waals surface area contributed by atoms with Gasteiger partial charge in [0.2, 0.25) is 0 Å². The number of rotatable bonds is 7. The molecule has 0 heterocycles. The Kier molecular flexibility index (Phi) is 6.78. The van der Waals surface area contributed by atoms with Gasteiger partial charge in [0.15, 0.2) is 0 Å². The van der Waals surface area contributed by atoms with E-state index in [-0.39, 0.29) is 11.9 Å². The fraction of sp³-hybridized carbons (Fsp3) is 0.316. The van der Waals surface area contributed by atoms with Crippen molar-refractivity contribution in [2.45, 2.75) is 6.10 Å². The lowest BCUT2D eigenvalue weighted by Crippen LogP contribution is -2.39. The highest BCUT2D eigenvalue weighted by atomic mass is 16.3. The second-order valence-corrected chi connectivity index (χ2v) is 6.08. The molecule has 5 heteroatoms. The molecule has 2 aromatic carbocycles. The molecule has 0 aliphatic heterocycles. The Hall–Kier alpha value is -2.37. The molecule has 2 amide bonds. The fourth-order valence-corrected chi connectivity index (χ4v) is 2.59. The molecule has 0 bridgehead atoms. The highest BCUT2D eigenvalue weighted by Gasteiger charge is 2.22. The van der Waals surface area contributed by atoms with E-state index in [0.29, 0.717) is 13.1 Å². The molecule has 5 nitrogen and oxygen atoms in total. The Labute approximate surface area is 143 Å². The Morgan fingerprint density at radius 1 is 1.04 bits per heavy atom. The van der Waals surface area contributed by atoms with Crippen molar-refractivity contribution >= 4 is 11.7 Å². The smallest absolute Gasteiger partial charge is 0.319 e. The molecule has 0 saturated heterocycles. The number of hydrogen-bond donors (Lipinski definition) is 3. The van der Waals surface area contributed by atoms with E-state index >= 15 is 0 Å². The molecule has 0 aromatic heterocycles. The maximum absolute atomic E-state index is 12.0. The van der Waals surface area contributed by atoms with Gasteiger partial charge < -0.3 is 20.6 Å². The summed E-state index contributed by atoms with van der Waals surface area (Å²) in [5, 5.41) is 16.3. The van der Waals surface area contributed by atoms with Crippen molar-refractivity contribution in [2.75, 3.05) is 32.5 Å². The predicted octanol–water partition coefficient (Wildman–Crippen LogP) is 2.72. The Morgan fingerprint density at radius 3 is 2.21 bits per heavy atom. The molecule has 2 rings (SSSR count). The lowest BCUT2D eigenvalue weighted by atomic mass is 9.95. The summed E-state index contributed by atoms with van der Waals surface area (Å²) in [4.78, 5) is 14.1. The van der Waals surface area contributed by atoms with E-state index in [9.17, 15) is 9.90 Å². The van der Waals surface area contributed by atoms with Crippen LogP contribution in [-0.4, -0.2) is 43.2 Å².